The topological polar surface area (TPSA) is 12.0 Å². The van der Waals surface area contributed by atoms with Crippen LogP contribution in [-0.4, -0.2) is 0 Å². The summed E-state index contributed by atoms with van der Waals surface area (Å²) in [5, 5.41) is 3.93. The summed E-state index contributed by atoms with van der Waals surface area (Å²) < 4.78 is 13.6. The number of fused-ring (bicyclic) bond motifs is 10. The van der Waals surface area contributed by atoms with Crippen molar-refractivity contribution in [3.05, 3.63) is 178 Å². The van der Waals surface area contributed by atoms with Crippen LogP contribution in [0.2, 0.25) is 0 Å². The van der Waals surface area contributed by atoms with E-state index in [1.807, 2.05) is 23.9 Å². The first-order valence-corrected chi connectivity index (χ1v) is 20.8. The van der Waals surface area contributed by atoms with Crippen LogP contribution in [0.15, 0.2) is 132 Å². The summed E-state index contributed by atoms with van der Waals surface area (Å²) in [6.45, 7) is 16.6. The maximum absolute atomic E-state index is 13.6. The molecule has 0 amide bonds. The maximum Gasteiger partial charge on any atom is 0.123 e. The highest BCUT2D eigenvalue weighted by Crippen LogP contribution is 2.60. The van der Waals surface area contributed by atoms with Crippen molar-refractivity contribution in [1.29, 1.82) is 0 Å². The second kappa shape index (κ2) is 11.4. The van der Waals surface area contributed by atoms with Crippen molar-refractivity contribution in [2.45, 2.75) is 75.0 Å². The van der Waals surface area contributed by atoms with Crippen LogP contribution in [0.5, 0.6) is 0 Å². The highest BCUT2D eigenvalue weighted by atomic mass is 32.2. The Bertz CT molecular complexity index is 2840. The zero-order valence-corrected chi connectivity index (χ0v) is 33.8. The lowest BCUT2D eigenvalue weighted by molar-refractivity contribution is 0.628. The summed E-state index contributed by atoms with van der Waals surface area (Å²) in [5.41, 5.74) is 24.8. The molecule has 7 aromatic rings. The number of aryl methyl sites for hydroxylation is 1. The van der Waals surface area contributed by atoms with Gasteiger partial charge >= 0.3 is 0 Å². The number of anilines is 1. The van der Waals surface area contributed by atoms with Crippen molar-refractivity contribution in [3.8, 4) is 55.6 Å². The second-order valence-electron chi connectivity index (χ2n) is 18.1. The van der Waals surface area contributed by atoms with E-state index in [1.54, 1.807) is 0 Å². The van der Waals surface area contributed by atoms with E-state index >= 15 is 0 Å². The van der Waals surface area contributed by atoms with Crippen molar-refractivity contribution < 1.29 is 4.39 Å². The number of hydrogen-bond acceptors (Lipinski definition) is 2. The molecule has 274 valence electrons. The third-order valence-corrected chi connectivity index (χ3v) is 14.9. The molecule has 11 rings (SSSR count). The molecule has 3 heteroatoms. The van der Waals surface area contributed by atoms with Crippen LogP contribution >= 0.6 is 11.8 Å². The first-order chi connectivity index (χ1) is 26.8. The van der Waals surface area contributed by atoms with Crippen molar-refractivity contribution >= 4 is 17.4 Å². The molecule has 0 spiro atoms. The Morgan fingerprint density at radius 2 is 0.875 bits per heavy atom. The highest BCUT2D eigenvalue weighted by Gasteiger charge is 2.45. The van der Waals surface area contributed by atoms with Crippen LogP contribution in [0.25, 0.3) is 55.6 Å². The number of thioether (sulfide) groups is 1. The fourth-order valence-electron chi connectivity index (χ4n) is 10.3. The van der Waals surface area contributed by atoms with E-state index in [9.17, 15) is 4.39 Å². The highest BCUT2D eigenvalue weighted by molar-refractivity contribution is 8.00. The van der Waals surface area contributed by atoms with Crippen LogP contribution in [0.3, 0.4) is 0 Å². The van der Waals surface area contributed by atoms with Crippen molar-refractivity contribution in [2.75, 3.05) is 5.32 Å². The predicted molar refractivity (Wildman–Crippen MR) is 233 cm³/mol. The Hall–Kier alpha value is -5.38. The van der Waals surface area contributed by atoms with Gasteiger partial charge in [-0.25, -0.2) is 4.39 Å². The van der Waals surface area contributed by atoms with Crippen LogP contribution in [0, 0.1) is 12.7 Å². The van der Waals surface area contributed by atoms with Crippen molar-refractivity contribution in [3.63, 3.8) is 0 Å². The zero-order chi connectivity index (χ0) is 38.5. The molecule has 0 bridgehead atoms. The van der Waals surface area contributed by atoms with E-state index < -0.39 is 0 Å². The lowest BCUT2D eigenvalue weighted by Gasteiger charge is -2.25. The van der Waals surface area contributed by atoms with Gasteiger partial charge in [-0.15, -0.1) is 0 Å². The van der Waals surface area contributed by atoms with Gasteiger partial charge in [-0.05, 0) is 156 Å². The summed E-state index contributed by atoms with van der Waals surface area (Å²) in [5.74, 6) is -0.213. The molecule has 1 N–H and O–H groups in total. The van der Waals surface area contributed by atoms with Gasteiger partial charge in [0.1, 0.15) is 11.2 Å². The fraction of sp³-hybridized carbons (Fsp3) is 0.208. The largest absolute Gasteiger partial charge is 0.368 e. The van der Waals surface area contributed by atoms with Gasteiger partial charge in [-0.3, -0.25) is 0 Å². The Morgan fingerprint density at radius 1 is 0.446 bits per heavy atom. The molecular formula is C53H44FNS. The second-order valence-corrected chi connectivity index (χ2v) is 19.2. The Labute approximate surface area is 334 Å². The minimum atomic E-state index is -0.213. The van der Waals surface area contributed by atoms with E-state index in [0.717, 1.165) is 16.8 Å². The smallest absolute Gasteiger partial charge is 0.123 e. The molecule has 1 atom stereocenters. The van der Waals surface area contributed by atoms with Gasteiger partial charge in [-0.2, -0.15) is 0 Å². The minimum Gasteiger partial charge on any atom is -0.368 e. The summed E-state index contributed by atoms with van der Waals surface area (Å²) in [6, 6.07) is 46.6. The van der Waals surface area contributed by atoms with Gasteiger partial charge in [0.15, 0.2) is 0 Å². The molecule has 0 saturated carbocycles. The molecular weight excluding hydrogens is 702 g/mol. The molecule has 56 heavy (non-hydrogen) atoms. The van der Waals surface area contributed by atoms with Crippen LogP contribution < -0.4 is 5.32 Å². The average molecular weight is 746 g/mol. The first kappa shape index (κ1) is 33.9. The molecule has 7 aromatic carbocycles. The fourth-order valence-corrected chi connectivity index (χ4v) is 11.4. The Morgan fingerprint density at radius 3 is 1.45 bits per heavy atom. The van der Waals surface area contributed by atoms with Crippen molar-refractivity contribution in [2.24, 2.45) is 0 Å². The maximum atomic E-state index is 13.6. The van der Waals surface area contributed by atoms with Gasteiger partial charge < -0.3 is 5.32 Å². The van der Waals surface area contributed by atoms with Gasteiger partial charge in [0.05, 0.1) is 0 Å². The third kappa shape index (κ3) is 4.67. The molecule has 0 aromatic heterocycles. The Balaban J connectivity index is 0.944. The summed E-state index contributed by atoms with van der Waals surface area (Å²) >= 11 is 1.87. The van der Waals surface area contributed by atoms with Crippen LogP contribution in [0.4, 0.5) is 10.1 Å². The molecule has 1 aliphatic heterocycles. The number of benzene rings is 7. The third-order valence-electron chi connectivity index (χ3n) is 13.7. The molecule has 0 fully saturated rings. The monoisotopic (exact) mass is 745 g/mol. The van der Waals surface area contributed by atoms with E-state index in [0.29, 0.717) is 0 Å². The number of halogens is 1. The molecule has 1 unspecified atom stereocenters. The molecule has 3 aliphatic carbocycles. The number of hydrogen-bond donors (Lipinski definition) is 1. The standard InChI is InChI=1S/C53H44FNS/c1-29-8-10-30(11-9-29)32-14-19-36-38-25-46-40(27-44(38)51(2,3)42(36)22-32)41-28-45-39(26-47(41)53(46,6)7)37-20-15-34(23-43(37)52(45,4)5)50-55-48-24-33(16-21-49(48)56-50)31-12-17-35(54)18-13-31/h8-28,50,55H,1-7H3. The lowest BCUT2D eigenvalue weighted by atomic mass is 9.78. The molecule has 4 aliphatic rings. The van der Waals surface area contributed by atoms with Gasteiger partial charge in [0.25, 0.3) is 0 Å². The van der Waals surface area contributed by atoms with Gasteiger partial charge in [0.2, 0.25) is 0 Å². The van der Waals surface area contributed by atoms with E-state index in [-0.39, 0.29) is 27.4 Å². The molecule has 1 heterocycles. The van der Waals surface area contributed by atoms with Crippen LogP contribution in [0.1, 0.15) is 91.4 Å². The number of rotatable bonds is 3. The zero-order valence-electron chi connectivity index (χ0n) is 33.0. The normalized spacial score (nSPS) is 18.0. The summed E-state index contributed by atoms with van der Waals surface area (Å²) in [7, 11) is 0. The lowest BCUT2D eigenvalue weighted by Crippen LogP contribution is -2.17. The van der Waals surface area contributed by atoms with Crippen molar-refractivity contribution in [1.82, 2.24) is 0 Å². The predicted octanol–water partition coefficient (Wildman–Crippen LogP) is 14.6. The van der Waals surface area contributed by atoms with E-state index in [1.165, 1.54) is 106 Å². The molecule has 0 radical (unpaired) electrons. The van der Waals surface area contributed by atoms with Gasteiger partial charge in [0, 0.05) is 26.8 Å². The first-order valence-electron chi connectivity index (χ1n) is 19.9. The SMILES string of the molecule is Cc1ccc(-c2ccc3c(c2)C(C)(C)c2cc4c(cc2-3)C(C)(C)c2cc3c(cc2-4)C(C)(C)c2cc(C4Nc5cc(-c6ccc(F)cc6)ccc5S4)ccc2-3)cc1. The molecule has 0 saturated heterocycles. The minimum absolute atomic E-state index is 0.107. The van der Waals surface area contributed by atoms with E-state index in [2.05, 4.69) is 157 Å². The summed E-state index contributed by atoms with van der Waals surface area (Å²) in [4.78, 5) is 1.24. The van der Waals surface area contributed by atoms with Crippen LogP contribution in [-0.2, 0) is 16.2 Å². The van der Waals surface area contributed by atoms with E-state index in [4.69, 9.17) is 0 Å². The quantitative estimate of drug-likeness (QED) is 0.193. The van der Waals surface area contributed by atoms with Gasteiger partial charge in [-0.1, -0.05) is 132 Å². The summed E-state index contributed by atoms with van der Waals surface area (Å²) in [6.07, 6.45) is 0. The Kier molecular flexibility index (Phi) is 6.88. The number of nitrogens with one attached hydrogen (secondary N) is 1. The average Bonchev–Trinajstić information content (AvgIpc) is 3.85. The molecule has 1 nitrogen and oxygen atoms in total.